The largest absolute Gasteiger partial charge is 0.350 e. The lowest BCUT2D eigenvalue weighted by molar-refractivity contribution is 0.0951. The van der Waals surface area contributed by atoms with E-state index in [1.54, 1.807) is 28.8 Å². The average Bonchev–Trinajstić information content (AvgIpc) is 2.94. The van der Waals surface area contributed by atoms with Crippen LogP contribution in [0.3, 0.4) is 0 Å². The Labute approximate surface area is 121 Å². The van der Waals surface area contributed by atoms with Gasteiger partial charge in [-0.2, -0.15) is 0 Å². The van der Waals surface area contributed by atoms with Gasteiger partial charge in [-0.15, -0.1) is 16.9 Å². The Balaban J connectivity index is 1.72. The van der Waals surface area contributed by atoms with Gasteiger partial charge in [0.1, 0.15) is 0 Å². The maximum Gasteiger partial charge on any atom is 0.273 e. The Morgan fingerprint density at radius 3 is 3.10 bits per heavy atom. The third-order valence-electron chi connectivity index (χ3n) is 2.40. The van der Waals surface area contributed by atoms with E-state index in [0.717, 1.165) is 10.8 Å². The lowest BCUT2D eigenvalue weighted by Gasteiger charge is -2.02. The molecule has 0 atom stereocenters. The summed E-state index contributed by atoms with van der Waals surface area (Å²) in [7, 11) is 0. The van der Waals surface area contributed by atoms with E-state index in [0.29, 0.717) is 25.3 Å². The second-order valence-electron chi connectivity index (χ2n) is 3.93. The zero-order valence-corrected chi connectivity index (χ0v) is 11.7. The summed E-state index contributed by atoms with van der Waals surface area (Å²) in [5.41, 5.74) is 5.71. The van der Waals surface area contributed by atoms with Crippen molar-refractivity contribution < 1.29 is 4.79 Å². The molecule has 2 heterocycles. The third-order valence-corrected chi connectivity index (χ3v) is 3.35. The van der Waals surface area contributed by atoms with Crippen molar-refractivity contribution in [2.45, 2.75) is 11.6 Å². The van der Waals surface area contributed by atoms with Crippen LogP contribution >= 0.6 is 11.8 Å². The maximum absolute atomic E-state index is 11.8. The molecule has 0 aliphatic heterocycles. The number of hydrogen-bond donors (Lipinski definition) is 2. The van der Waals surface area contributed by atoms with Gasteiger partial charge in [0.05, 0.1) is 17.8 Å². The number of nitrogens with two attached hydrogens (primary N) is 1. The smallest absolute Gasteiger partial charge is 0.273 e. The molecule has 0 radical (unpaired) electrons. The third kappa shape index (κ3) is 4.32. The van der Waals surface area contributed by atoms with Gasteiger partial charge in [-0.05, 0) is 12.1 Å². The van der Waals surface area contributed by atoms with Gasteiger partial charge in [-0.25, -0.2) is 4.98 Å². The van der Waals surface area contributed by atoms with Crippen LogP contribution in [0.4, 0.5) is 0 Å². The van der Waals surface area contributed by atoms with Crippen molar-refractivity contribution in [3.05, 3.63) is 36.3 Å². The maximum atomic E-state index is 11.8. The molecule has 0 bridgehead atoms. The molecule has 0 aliphatic carbocycles. The first kappa shape index (κ1) is 14.5. The highest BCUT2D eigenvalue weighted by Crippen LogP contribution is 2.12. The zero-order valence-electron chi connectivity index (χ0n) is 10.9. The normalized spacial score (nSPS) is 10.4. The van der Waals surface area contributed by atoms with Gasteiger partial charge in [-0.3, -0.25) is 9.48 Å². The summed E-state index contributed by atoms with van der Waals surface area (Å²) in [5.74, 6) is 0.523. The first-order valence-corrected chi connectivity index (χ1v) is 7.20. The number of carbonyl (C=O) groups excluding carboxylic acids is 1. The highest BCUT2D eigenvalue weighted by Gasteiger charge is 2.09. The number of aromatic nitrogens is 4. The molecule has 8 heteroatoms. The van der Waals surface area contributed by atoms with Gasteiger partial charge in [0, 0.05) is 25.0 Å². The molecule has 20 heavy (non-hydrogen) atoms. The van der Waals surface area contributed by atoms with Crippen molar-refractivity contribution in [2.24, 2.45) is 5.73 Å². The fourth-order valence-corrected chi connectivity index (χ4v) is 2.21. The molecule has 0 aromatic carbocycles. The second-order valence-corrected chi connectivity index (χ2v) is 5.04. The number of nitrogens with zero attached hydrogens (tertiary/aromatic N) is 4. The molecule has 0 fully saturated rings. The number of carbonyl (C=O) groups is 1. The van der Waals surface area contributed by atoms with Gasteiger partial charge in [0.25, 0.3) is 5.91 Å². The van der Waals surface area contributed by atoms with E-state index in [4.69, 9.17) is 5.73 Å². The highest BCUT2D eigenvalue weighted by atomic mass is 32.2. The van der Waals surface area contributed by atoms with Crippen LogP contribution in [-0.4, -0.2) is 44.7 Å². The van der Waals surface area contributed by atoms with Gasteiger partial charge in [0.15, 0.2) is 5.69 Å². The Morgan fingerprint density at radius 2 is 2.35 bits per heavy atom. The van der Waals surface area contributed by atoms with Gasteiger partial charge < -0.3 is 11.1 Å². The van der Waals surface area contributed by atoms with Crippen molar-refractivity contribution >= 4 is 17.7 Å². The molecular weight excluding hydrogens is 276 g/mol. The van der Waals surface area contributed by atoms with E-state index in [1.165, 1.54) is 0 Å². The van der Waals surface area contributed by atoms with E-state index in [-0.39, 0.29) is 5.91 Å². The van der Waals surface area contributed by atoms with Crippen LogP contribution in [0.15, 0.2) is 35.6 Å². The molecule has 2 aromatic rings. The molecule has 7 nitrogen and oxygen atoms in total. The fraction of sp³-hybridized carbons (Fsp3) is 0.333. The Hall–Kier alpha value is -1.93. The molecule has 0 spiro atoms. The summed E-state index contributed by atoms with van der Waals surface area (Å²) in [4.78, 5) is 16.0. The van der Waals surface area contributed by atoms with Gasteiger partial charge >= 0.3 is 0 Å². The van der Waals surface area contributed by atoms with E-state index >= 15 is 0 Å². The molecule has 0 aliphatic rings. The molecular formula is C12H16N6OS. The summed E-state index contributed by atoms with van der Waals surface area (Å²) in [5, 5.41) is 11.3. The predicted octanol–water partition coefficient (Wildman–Crippen LogP) is 0.154. The van der Waals surface area contributed by atoms with Crippen molar-refractivity contribution in [2.75, 3.05) is 18.8 Å². The number of pyridine rings is 1. The quantitative estimate of drug-likeness (QED) is 0.557. The molecule has 106 valence electrons. The van der Waals surface area contributed by atoms with E-state index < -0.39 is 0 Å². The number of amides is 1. The minimum Gasteiger partial charge on any atom is -0.350 e. The van der Waals surface area contributed by atoms with Gasteiger partial charge in [-0.1, -0.05) is 11.3 Å². The Kier molecular flexibility index (Phi) is 5.51. The SMILES string of the molecule is NCCn1cc(C(=O)NCCSc2ccccn2)nn1. The Bertz CT molecular complexity index is 544. The van der Waals surface area contributed by atoms with Crippen LogP contribution in [0.2, 0.25) is 0 Å². The number of hydrogen-bond acceptors (Lipinski definition) is 6. The molecule has 0 saturated carbocycles. The van der Waals surface area contributed by atoms with E-state index in [9.17, 15) is 4.79 Å². The van der Waals surface area contributed by atoms with Crippen molar-refractivity contribution in [3.63, 3.8) is 0 Å². The Morgan fingerprint density at radius 1 is 1.45 bits per heavy atom. The van der Waals surface area contributed by atoms with E-state index in [1.807, 2.05) is 18.2 Å². The first-order chi connectivity index (χ1) is 9.79. The highest BCUT2D eigenvalue weighted by molar-refractivity contribution is 7.99. The summed E-state index contributed by atoms with van der Waals surface area (Å²) in [6.45, 7) is 1.56. The monoisotopic (exact) mass is 292 g/mol. The number of nitrogens with one attached hydrogen (secondary N) is 1. The van der Waals surface area contributed by atoms with Gasteiger partial charge in [0.2, 0.25) is 0 Å². The molecule has 1 amide bonds. The number of thioether (sulfide) groups is 1. The fourth-order valence-electron chi connectivity index (χ4n) is 1.49. The topological polar surface area (TPSA) is 98.7 Å². The minimum absolute atomic E-state index is 0.227. The van der Waals surface area contributed by atoms with Crippen molar-refractivity contribution in [1.29, 1.82) is 0 Å². The predicted molar refractivity (Wildman–Crippen MR) is 76.4 cm³/mol. The second kappa shape index (κ2) is 7.61. The van der Waals surface area contributed by atoms with Crippen LogP contribution in [0, 0.1) is 0 Å². The van der Waals surface area contributed by atoms with Crippen LogP contribution in [0.25, 0.3) is 0 Å². The lowest BCUT2D eigenvalue weighted by atomic mass is 10.4. The van der Waals surface area contributed by atoms with Crippen LogP contribution in [0.5, 0.6) is 0 Å². The van der Waals surface area contributed by atoms with Crippen LogP contribution in [0.1, 0.15) is 10.5 Å². The summed E-state index contributed by atoms with van der Waals surface area (Å²) < 4.78 is 1.55. The van der Waals surface area contributed by atoms with Crippen molar-refractivity contribution in [1.82, 2.24) is 25.3 Å². The summed E-state index contributed by atoms with van der Waals surface area (Å²) >= 11 is 1.59. The van der Waals surface area contributed by atoms with Crippen LogP contribution < -0.4 is 11.1 Å². The molecule has 0 saturated heterocycles. The molecule has 0 unspecified atom stereocenters. The summed E-state index contributed by atoms with van der Waals surface area (Å²) in [6, 6.07) is 5.74. The first-order valence-electron chi connectivity index (χ1n) is 6.22. The standard InChI is InChI=1S/C12H16N6OS/c13-4-7-18-9-10(16-17-18)12(19)15-6-8-20-11-3-1-2-5-14-11/h1-3,5,9H,4,6-8,13H2,(H,15,19). The molecule has 2 aromatic heterocycles. The zero-order chi connectivity index (χ0) is 14.2. The minimum atomic E-state index is -0.227. The number of rotatable bonds is 7. The average molecular weight is 292 g/mol. The van der Waals surface area contributed by atoms with Crippen LogP contribution in [-0.2, 0) is 6.54 Å². The molecule has 3 N–H and O–H groups in total. The molecule has 2 rings (SSSR count). The lowest BCUT2D eigenvalue weighted by Crippen LogP contribution is -2.26. The van der Waals surface area contributed by atoms with E-state index in [2.05, 4.69) is 20.6 Å². The van der Waals surface area contributed by atoms with Crippen molar-refractivity contribution in [3.8, 4) is 0 Å². The summed E-state index contributed by atoms with van der Waals surface area (Å²) in [6.07, 6.45) is 3.34.